The quantitative estimate of drug-likeness (QED) is 0.640. The van der Waals surface area contributed by atoms with Gasteiger partial charge in [-0.25, -0.2) is 4.98 Å². The molecule has 0 bridgehead atoms. The summed E-state index contributed by atoms with van der Waals surface area (Å²) in [4.78, 5) is 28.1. The second kappa shape index (κ2) is 8.71. The molecule has 1 aromatic heterocycles. The molecule has 0 aliphatic carbocycles. The van der Waals surface area contributed by atoms with Crippen molar-refractivity contribution in [2.75, 3.05) is 50.1 Å². The molecule has 0 spiro atoms. The summed E-state index contributed by atoms with van der Waals surface area (Å²) in [5.74, 6) is 0.807. The molecule has 1 amide bonds. The Labute approximate surface area is 181 Å². The van der Waals surface area contributed by atoms with Crippen LogP contribution in [0.3, 0.4) is 0 Å². The Balaban J connectivity index is 1.50. The zero-order chi connectivity index (χ0) is 21.1. The van der Waals surface area contributed by atoms with E-state index in [2.05, 4.69) is 14.9 Å². The number of carbonyl (C=O) groups excluding carboxylic acids is 1. The Morgan fingerprint density at radius 3 is 2.43 bits per heavy atom. The minimum Gasteiger partial charge on any atom is -0.367 e. The van der Waals surface area contributed by atoms with E-state index in [0.717, 1.165) is 40.9 Å². The average molecular weight is 422 g/mol. The van der Waals surface area contributed by atoms with Crippen molar-refractivity contribution in [2.24, 2.45) is 0 Å². The van der Waals surface area contributed by atoms with Crippen LogP contribution in [0.2, 0.25) is 5.02 Å². The number of aromatic nitrogens is 2. The maximum absolute atomic E-state index is 13.1. The fraction of sp³-hybridized carbons (Fsp3) is 0.261. The number of amides is 1. The highest BCUT2D eigenvalue weighted by molar-refractivity contribution is 6.33. The van der Waals surface area contributed by atoms with Crippen LogP contribution >= 0.6 is 11.6 Å². The lowest BCUT2D eigenvalue weighted by Gasteiger charge is -2.36. The van der Waals surface area contributed by atoms with Gasteiger partial charge in [0.25, 0.3) is 5.91 Å². The number of halogens is 1. The van der Waals surface area contributed by atoms with E-state index in [1.165, 1.54) is 0 Å². The van der Waals surface area contributed by atoms with Crippen molar-refractivity contribution < 1.29 is 4.79 Å². The van der Waals surface area contributed by atoms with Crippen LogP contribution in [0.4, 0.5) is 11.5 Å². The number of hydrogen-bond donors (Lipinski definition) is 0. The maximum Gasteiger partial charge on any atom is 0.253 e. The fourth-order valence-corrected chi connectivity index (χ4v) is 3.96. The van der Waals surface area contributed by atoms with E-state index in [9.17, 15) is 4.79 Å². The SMILES string of the molecule is CN(C)c1nccnc1-c1cccc(C(=O)N2CCN(c3ccccc3Cl)CC2)c1. The number of benzene rings is 2. The zero-order valence-corrected chi connectivity index (χ0v) is 17.9. The minimum atomic E-state index is 0.0333. The molecule has 2 heterocycles. The van der Waals surface area contributed by atoms with Crippen LogP contribution < -0.4 is 9.80 Å². The van der Waals surface area contributed by atoms with E-state index in [1.54, 1.807) is 12.4 Å². The van der Waals surface area contributed by atoms with Gasteiger partial charge in [-0.15, -0.1) is 0 Å². The van der Waals surface area contributed by atoms with Crippen LogP contribution in [0.1, 0.15) is 10.4 Å². The first-order valence-electron chi connectivity index (χ1n) is 9.92. The molecule has 0 unspecified atom stereocenters. The van der Waals surface area contributed by atoms with E-state index in [-0.39, 0.29) is 5.91 Å². The number of anilines is 2. The van der Waals surface area contributed by atoms with Gasteiger partial charge in [-0.2, -0.15) is 0 Å². The molecule has 1 fully saturated rings. The van der Waals surface area contributed by atoms with Crippen LogP contribution in [-0.2, 0) is 0 Å². The standard InChI is InChI=1S/C23H24ClN5O/c1-27(2)22-21(25-10-11-26-22)17-6-5-7-18(16-17)23(30)29-14-12-28(13-15-29)20-9-4-3-8-19(20)24/h3-11,16H,12-15H2,1-2H3. The molecule has 6 nitrogen and oxygen atoms in total. The maximum atomic E-state index is 13.1. The van der Waals surface area contributed by atoms with Crippen molar-refractivity contribution >= 4 is 29.0 Å². The summed E-state index contributed by atoms with van der Waals surface area (Å²) in [6.07, 6.45) is 3.34. The lowest BCUT2D eigenvalue weighted by molar-refractivity contribution is 0.0747. The number of nitrogens with zero attached hydrogens (tertiary/aromatic N) is 5. The lowest BCUT2D eigenvalue weighted by atomic mass is 10.1. The van der Waals surface area contributed by atoms with Gasteiger partial charge < -0.3 is 14.7 Å². The van der Waals surface area contributed by atoms with Crippen LogP contribution in [-0.4, -0.2) is 61.0 Å². The molecule has 0 saturated carbocycles. The van der Waals surface area contributed by atoms with Gasteiger partial charge in [0.1, 0.15) is 5.69 Å². The van der Waals surface area contributed by atoms with Gasteiger partial charge in [-0.05, 0) is 24.3 Å². The third-order valence-electron chi connectivity index (χ3n) is 5.25. The molecule has 1 aliphatic heterocycles. The number of hydrogen-bond acceptors (Lipinski definition) is 5. The molecule has 154 valence electrons. The molecule has 0 N–H and O–H groups in total. The summed E-state index contributed by atoms with van der Waals surface area (Å²) < 4.78 is 0. The Hall–Kier alpha value is -3.12. The van der Waals surface area contributed by atoms with Gasteiger partial charge in [-0.1, -0.05) is 35.9 Å². The molecular formula is C23H24ClN5O. The average Bonchev–Trinajstić information content (AvgIpc) is 2.79. The molecule has 0 atom stereocenters. The second-order valence-corrected chi connectivity index (χ2v) is 7.84. The highest BCUT2D eigenvalue weighted by Gasteiger charge is 2.23. The van der Waals surface area contributed by atoms with Crippen LogP contribution in [0.25, 0.3) is 11.3 Å². The first-order chi connectivity index (χ1) is 14.5. The summed E-state index contributed by atoms with van der Waals surface area (Å²) in [6, 6.07) is 15.5. The molecular weight excluding hydrogens is 398 g/mol. The first-order valence-corrected chi connectivity index (χ1v) is 10.3. The van der Waals surface area contributed by atoms with E-state index >= 15 is 0 Å². The smallest absolute Gasteiger partial charge is 0.253 e. The molecule has 2 aromatic carbocycles. The van der Waals surface area contributed by atoms with Gasteiger partial charge in [-0.3, -0.25) is 9.78 Å². The summed E-state index contributed by atoms with van der Waals surface area (Å²) in [5.41, 5.74) is 3.33. The summed E-state index contributed by atoms with van der Waals surface area (Å²) >= 11 is 6.33. The number of piperazine rings is 1. The van der Waals surface area contributed by atoms with E-state index < -0.39 is 0 Å². The molecule has 30 heavy (non-hydrogen) atoms. The number of rotatable bonds is 4. The molecule has 0 radical (unpaired) electrons. The molecule has 3 aromatic rings. The Morgan fingerprint density at radius 2 is 1.70 bits per heavy atom. The zero-order valence-electron chi connectivity index (χ0n) is 17.1. The van der Waals surface area contributed by atoms with Gasteiger partial charge in [0.2, 0.25) is 0 Å². The largest absolute Gasteiger partial charge is 0.367 e. The third kappa shape index (κ3) is 4.09. The van der Waals surface area contributed by atoms with Gasteiger partial charge >= 0.3 is 0 Å². The van der Waals surface area contributed by atoms with Crippen molar-refractivity contribution in [1.29, 1.82) is 0 Å². The predicted molar refractivity (Wildman–Crippen MR) is 121 cm³/mol. The third-order valence-corrected chi connectivity index (χ3v) is 5.57. The topological polar surface area (TPSA) is 52.6 Å². The Bertz CT molecular complexity index is 1050. The summed E-state index contributed by atoms with van der Waals surface area (Å²) in [5, 5.41) is 0.741. The fourth-order valence-electron chi connectivity index (χ4n) is 3.70. The number of para-hydroxylation sites is 1. The van der Waals surface area contributed by atoms with Crippen molar-refractivity contribution in [1.82, 2.24) is 14.9 Å². The first kappa shape index (κ1) is 20.2. The Morgan fingerprint density at radius 1 is 0.967 bits per heavy atom. The van der Waals surface area contributed by atoms with Crippen LogP contribution in [0.15, 0.2) is 60.9 Å². The highest BCUT2D eigenvalue weighted by Crippen LogP contribution is 2.28. The lowest BCUT2D eigenvalue weighted by Crippen LogP contribution is -2.48. The molecule has 1 aliphatic rings. The van der Waals surface area contributed by atoms with Gasteiger partial charge in [0.15, 0.2) is 5.82 Å². The van der Waals surface area contributed by atoms with Crippen molar-refractivity contribution in [3.05, 3.63) is 71.5 Å². The van der Waals surface area contributed by atoms with Crippen molar-refractivity contribution in [2.45, 2.75) is 0 Å². The normalized spacial score (nSPS) is 14.0. The highest BCUT2D eigenvalue weighted by atomic mass is 35.5. The van der Waals surface area contributed by atoms with Crippen molar-refractivity contribution in [3.63, 3.8) is 0 Å². The van der Waals surface area contributed by atoms with Gasteiger partial charge in [0, 0.05) is 63.8 Å². The Kier molecular flexibility index (Phi) is 5.86. The molecule has 7 heteroatoms. The van der Waals surface area contributed by atoms with Crippen LogP contribution in [0, 0.1) is 0 Å². The second-order valence-electron chi connectivity index (χ2n) is 7.43. The number of carbonyl (C=O) groups is 1. The monoisotopic (exact) mass is 421 g/mol. The van der Waals surface area contributed by atoms with Crippen molar-refractivity contribution in [3.8, 4) is 11.3 Å². The van der Waals surface area contributed by atoms with E-state index in [0.29, 0.717) is 18.7 Å². The molecule has 4 rings (SSSR count). The van der Waals surface area contributed by atoms with Gasteiger partial charge in [0.05, 0.1) is 10.7 Å². The minimum absolute atomic E-state index is 0.0333. The summed E-state index contributed by atoms with van der Waals surface area (Å²) in [7, 11) is 3.86. The van der Waals surface area contributed by atoms with E-state index in [1.807, 2.05) is 72.4 Å². The van der Waals surface area contributed by atoms with Crippen LogP contribution in [0.5, 0.6) is 0 Å². The molecule has 1 saturated heterocycles. The predicted octanol–water partition coefficient (Wildman–Crippen LogP) is 3.83. The van der Waals surface area contributed by atoms with E-state index in [4.69, 9.17) is 11.6 Å². The summed E-state index contributed by atoms with van der Waals surface area (Å²) in [6.45, 7) is 2.82.